The first-order valence-electron chi connectivity index (χ1n) is 19.2. The van der Waals surface area contributed by atoms with Crippen molar-refractivity contribution in [2.75, 3.05) is 34.4 Å². The van der Waals surface area contributed by atoms with E-state index < -0.39 is 0 Å². The van der Waals surface area contributed by atoms with Gasteiger partial charge in [-0.3, -0.25) is 19.4 Å². The van der Waals surface area contributed by atoms with E-state index in [2.05, 4.69) is 83.5 Å². The summed E-state index contributed by atoms with van der Waals surface area (Å²) in [5.74, 6) is 1.31. The number of hydrogen-bond donors (Lipinski definition) is 1. The molecule has 0 radical (unpaired) electrons. The molecule has 0 unspecified atom stereocenters. The average Bonchev–Trinajstić information content (AvgIpc) is 3.55. The highest BCUT2D eigenvalue weighted by Crippen LogP contribution is 2.53. The van der Waals surface area contributed by atoms with Gasteiger partial charge < -0.3 is 23.7 Å². The highest BCUT2D eigenvalue weighted by Gasteiger charge is 2.52. The van der Waals surface area contributed by atoms with Crippen molar-refractivity contribution in [3.8, 4) is 5.75 Å². The number of nitrogens with zero attached hydrogens (tertiary/aromatic N) is 4. The van der Waals surface area contributed by atoms with E-state index in [9.17, 15) is 14.7 Å². The minimum absolute atomic E-state index is 0.0176. The molecule has 2 fully saturated rings. The fourth-order valence-corrected chi connectivity index (χ4v) is 12.0. The number of aromatic nitrogens is 2. The van der Waals surface area contributed by atoms with Crippen molar-refractivity contribution in [2.24, 2.45) is 43.7 Å². The largest absolute Gasteiger partial charge is 0.500 e. The second-order valence-electron chi connectivity index (χ2n) is 16.6. The summed E-state index contributed by atoms with van der Waals surface area (Å²) in [5, 5.41) is 13.6. The van der Waals surface area contributed by atoms with Crippen LogP contribution in [-0.4, -0.2) is 82.1 Å². The molecule has 9 atom stereocenters. The lowest BCUT2D eigenvalue weighted by molar-refractivity contribution is -0.126. The quantitative estimate of drug-likeness (QED) is 0.265. The molecule has 9 heteroatoms. The molecule has 5 aliphatic heterocycles. The molecule has 52 heavy (non-hydrogen) atoms. The number of ketones is 2. The number of carbonyl (C=O) groups excluding carboxylic acids is 2. The van der Waals surface area contributed by atoms with E-state index in [1.807, 2.05) is 0 Å². The summed E-state index contributed by atoms with van der Waals surface area (Å²) in [5.41, 5.74) is 9.71. The third kappa shape index (κ3) is 4.70. The highest BCUT2D eigenvalue weighted by molar-refractivity contribution is 5.94. The Kier molecular flexibility index (Phi) is 8.03. The van der Waals surface area contributed by atoms with Gasteiger partial charge in [0, 0.05) is 89.9 Å². The van der Waals surface area contributed by atoms with E-state index in [1.165, 1.54) is 38.8 Å². The van der Waals surface area contributed by atoms with Gasteiger partial charge in [-0.05, 0) is 101 Å². The van der Waals surface area contributed by atoms with Gasteiger partial charge in [-0.2, -0.15) is 0 Å². The van der Waals surface area contributed by atoms with Crippen LogP contribution in [0.1, 0.15) is 66.9 Å². The van der Waals surface area contributed by atoms with Gasteiger partial charge in [0.1, 0.15) is 11.5 Å². The number of methoxy groups -OCH3 is 1. The van der Waals surface area contributed by atoms with Gasteiger partial charge in [0.05, 0.1) is 37.6 Å². The molecule has 2 aromatic heterocycles. The van der Waals surface area contributed by atoms with Crippen LogP contribution in [0.2, 0.25) is 0 Å². The van der Waals surface area contributed by atoms with Crippen LogP contribution >= 0.6 is 0 Å². The number of allylic oxidation sites excluding steroid dienone is 1. The maximum absolute atomic E-state index is 13.8. The van der Waals surface area contributed by atoms with Gasteiger partial charge in [0.15, 0.2) is 5.78 Å². The van der Waals surface area contributed by atoms with Crippen LogP contribution in [0, 0.1) is 29.6 Å². The zero-order chi connectivity index (χ0) is 36.3. The molecule has 0 amide bonds. The van der Waals surface area contributed by atoms with Crippen LogP contribution in [-0.2, 0) is 47.7 Å². The number of aryl methyl sites for hydroxylation is 2. The maximum atomic E-state index is 13.8. The predicted octanol–water partition coefficient (Wildman–Crippen LogP) is 5.69. The number of rotatable bonds is 7. The summed E-state index contributed by atoms with van der Waals surface area (Å²) in [7, 11) is 10.5. The van der Waals surface area contributed by atoms with Crippen LogP contribution in [0.3, 0.4) is 0 Å². The summed E-state index contributed by atoms with van der Waals surface area (Å²) in [4.78, 5) is 31.5. The topological polar surface area (TPSA) is 89.2 Å². The molecular formula is C43H52N4O5. The number of hydrogen-bond acceptors (Lipinski definition) is 7. The number of benzene rings is 2. The number of aliphatic hydroxyl groups is 1. The van der Waals surface area contributed by atoms with E-state index in [4.69, 9.17) is 9.47 Å². The molecule has 5 aliphatic rings. The third-order valence-corrected chi connectivity index (χ3v) is 14.5. The van der Waals surface area contributed by atoms with Crippen molar-refractivity contribution in [1.82, 2.24) is 18.9 Å². The summed E-state index contributed by atoms with van der Waals surface area (Å²) >= 11 is 0. The molecule has 4 aromatic rings. The van der Waals surface area contributed by atoms with Crippen LogP contribution in [0.25, 0.3) is 21.8 Å². The van der Waals surface area contributed by atoms with E-state index in [0.717, 1.165) is 48.1 Å². The van der Waals surface area contributed by atoms with Crippen molar-refractivity contribution in [2.45, 2.75) is 70.1 Å². The van der Waals surface area contributed by atoms with Crippen LogP contribution in [0.15, 0.2) is 48.2 Å². The molecule has 2 saturated heterocycles. The summed E-state index contributed by atoms with van der Waals surface area (Å²) in [6.45, 7) is 4.10. The molecule has 0 saturated carbocycles. The summed E-state index contributed by atoms with van der Waals surface area (Å²) in [6, 6.07) is 13.9. The predicted molar refractivity (Wildman–Crippen MR) is 201 cm³/mol. The highest BCUT2D eigenvalue weighted by atomic mass is 16.5. The first-order chi connectivity index (χ1) is 25.0. The van der Waals surface area contributed by atoms with Gasteiger partial charge in [-0.15, -0.1) is 0 Å². The van der Waals surface area contributed by atoms with Crippen molar-refractivity contribution < 1.29 is 24.2 Å². The molecule has 0 aliphatic carbocycles. The monoisotopic (exact) mass is 704 g/mol. The number of carbonyl (C=O) groups is 2. The SMILES string of the molecule is COc1cc2c(cc1C[C@@H](C(C)=O)[C@@H]1C[C@H]3c4c(c5ccccc5n4C)C[C@@H]([C@@H]1CO)N3C)c1c(n2C)[C@@H]2C[C@H]3C(C(C)=O)=COC[C@H]3[C@H](C1)N2C. The minimum atomic E-state index is -0.250. The molecule has 0 spiro atoms. The number of Topliss-reactive ketones (excluding diaryl/α,β-unsaturated/α-hetero) is 2. The smallest absolute Gasteiger partial charge is 0.159 e. The number of likely N-dealkylation sites (N-methyl/N-ethyl adjacent to an activating group) is 2. The normalized spacial score (nSPS) is 30.3. The molecular weight excluding hydrogens is 652 g/mol. The number of piperidine rings is 2. The first-order valence-corrected chi connectivity index (χ1v) is 19.2. The molecule has 7 heterocycles. The fourth-order valence-electron chi connectivity index (χ4n) is 12.0. The molecule has 1 N–H and O–H groups in total. The Labute approximate surface area is 306 Å². The minimum Gasteiger partial charge on any atom is -0.500 e. The second-order valence-corrected chi connectivity index (χ2v) is 16.6. The van der Waals surface area contributed by atoms with Crippen LogP contribution < -0.4 is 4.74 Å². The molecule has 274 valence electrons. The number of ether oxygens (including phenoxy) is 2. The number of aliphatic hydroxyl groups excluding tert-OH is 1. The lowest BCUT2D eigenvalue weighted by Gasteiger charge is -2.53. The molecule has 4 bridgehead atoms. The van der Waals surface area contributed by atoms with Crippen LogP contribution in [0.5, 0.6) is 5.75 Å². The van der Waals surface area contributed by atoms with Crippen molar-refractivity contribution in [3.05, 3.63) is 76.3 Å². The maximum Gasteiger partial charge on any atom is 0.159 e. The van der Waals surface area contributed by atoms with E-state index >= 15 is 0 Å². The van der Waals surface area contributed by atoms with E-state index in [0.29, 0.717) is 13.0 Å². The third-order valence-electron chi connectivity index (χ3n) is 14.5. The zero-order valence-corrected chi connectivity index (χ0v) is 31.6. The van der Waals surface area contributed by atoms with E-state index in [1.54, 1.807) is 27.2 Å². The fraction of sp³-hybridized carbons (Fsp3) is 0.535. The summed E-state index contributed by atoms with van der Waals surface area (Å²) < 4.78 is 16.7. The Bertz CT molecular complexity index is 2160. The van der Waals surface area contributed by atoms with Gasteiger partial charge in [0.25, 0.3) is 0 Å². The molecule has 9 nitrogen and oxygen atoms in total. The number of fused-ring (bicyclic) bond motifs is 14. The average molecular weight is 705 g/mol. The lowest BCUT2D eigenvalue weighted by Crippen LogP contribution is -2.56. The Morgan fingerprint density at radius 1 is 0.904 bits per heavy atom. The Hall–Kier alpha value is -3.92. The molecule has 2 aromatic carbocycles. The van der Waals surface area contributed by atoms with Crippen molar-refractivity contribution >= 4 is 33.4 Å². The van der Waals surface area contributed by atoms with Gasteiger partial charge in [0.2, 0.25) is 0 Å². The number of para-hydroxylation sites is 1. The molecule has 9 rings (SSSR count). The first kappa shape index (κ1) is 33.9. The second kappa shape index (κ2) is 12.3. The van der Waals surface area contributed by atoms with Gasteiger partial charge >= 0.3 is 0 Å². The van der Waals surface area contributed by atoms with Crippen molar-refractivity contribution in [3.63, 3.8) is 0 Å². The van der Waals surface area contributed by atoms with Gasteiger partial charge in [-0.25, -0.2) is 0 Å². The lowest BCUT2D eigenvalue weighted by atomic mass is 9.64. The van der Waals surface area contributed by atoms with Crippen LogP contribution in [0.4, 0.5) is 0 Å². The van der Waals surface area contributed by atoms with Crippen molar-refractivity contribution in [1.29, 1.82) is 0 Å². The zero-order valence-electron chi connectivity index (χ0n) is 31.6. The standard InChI is InChI=1S/C43H52N4O5/c1-22(49)26(27-14-39-42-30(16-36(44(39)3)32(27)19-48)25-10-8-9-11-35(25)46(42)5)12-24-13-29-31-17-37-34-21-52-20-33(23(2)50)28(34)15-40(45(37)4)43(31)47(6)38(29)18-41(24)51-7/h8-11,13,18,20,26-28,32,34,36-37,39-40,48H,12,14-17,19,21H2,1-7H3/t26-,27-,28-,32+,34+,36-,37-,39-,40-/m0/s1. The Morgan fingerprint density at radius 3 is 2.29 bits per heavy atom. The van der Waals surface area contributed by atoms with Gasteiger partial charge in [-0.1, -0.05) is 18.2 Å². The summed E-state index contributed by atoms with van der Waals surface area (Å²) in [6.07, 6.45) is 5.75. The Balaban J connectivity index is 1.10. The Morgan fingerprint density at radius 2 is 1.58 bits per heavy atom. The van der Waals surface area contributed by atoms with E-state index in [-0.39, 0.29) is 71.9 Å².